The number of carbonyl (C=O) groups excluding carboxylic acids is 1. The Kier molecular flexibility index (Phi) is 4.84. The van der Waals surface area contributed by atoms with E-state index in [1.54, 1.807) is 13.2 Å². The number of pyridine rings is 1. The predicted molar refractivity (Wildman–Crippen MR) is 99.2 cm³/mol. The molecule has 1 aromatic heterocycles. The van der Waals surface area contributed by atoms with E-state index in [1.165, 1.54) is 32.1 Å². The van der Waals surface area contributed by atoms with E-state index >= 15 is 0 Å². The third-order valence-electron chi connectivity index (χ3n) is 5.01. The number of methoxy groups -OCH3 is 1. The van der Waals surface area contributed by atoms with Gasteiger partial charge in [-0.1, -0.05) is 0 Å². The summed E-state index contributed by atoms with van der Waals surface area (Å²) in [6, 6.07) is 1.83. The lowest BCUT2D eigenvalue weighted by Gasteiger charge is -2.19. The third kappa shape index (κ3) is 3.29. The summed E-state index contributed by atoms with van der Waals surface area (Å²) in [7, 11) is 1.62. The van der Waals surface area contributed by atoms with Crippen molar-refractivity contribution in [1.82, 2.24) is 9.88 Å². The molecule has 0 saturated carbocycles. The lowest BCUT2D eigenvalue weighted by atomic mass is 10.0. The summed E-state index contributed by atoms with van der Waals surface area (Å²) in [6.07, 6.45) is 9.54. The van der Waals surface area contributed by atoms with Gasteiger partial charge < -0.3 is 14.4 Å². The molecule has 1 saturated heterocycles. The van der Waals surface area contributed by atoms with Gasteiger partial charge in [-0.15, -0.1) is 0 Å². The molecule has 1 aromatic rings. The van der Waals surface area contributed by atoms with Crippen molar-refractivity contribution in [3.8, 4) is 0 Å². The maximum Gasteiger partial charge on any atom is 0.279 e. The molecule has 1 aliphatic carbocycles. The Morgan fingerprint density at radius 1 is 1.27 bits per heavy atom. The second-order valence-electron chi connectivity index (χ2n) is 6.72. The molecule has 0 radical (unpaired) electrons. The van der Waals surface area contributed by atoms with Gasteiger partial charge >= 0.3 is 0 Å². The number of hydrogen-bond donors (Lipinski definition) is 0. The molecular formula is C20H23N3O3. The highest BCUT2D eigenvalue weighted by Crippen LogP contribution is 2.18. The van der Waals surface area contributed by atoms with Crippen LogP contribution in [-0.4, -0.2) is 55.4 Å². The van der Waals surface area contributed by atoms with Gasteiger partial charge in [0.25, 0.3) is 5.91 Å². The zero-order valence-corrected chi connectivity index (χ0v) is 15.0. The summed E-state index contributed by atoms with van der Waals surface area (Å²) in [5, 5.41) is 1.49. The van der Waals surface area contributed by atoms with Crippen LogP contribution in [0.1, 0.15) is 35.3 Å². The SMILES string of the molecule is COC1=c2cc3c(nc2CC=C1OCCCN1CCCC1)=CC=NC3=O. The number of likely N-dealkylation sites (tertiary alicyclic amines) is 1. The zero-order chi connectivity index (χ0) is 17.9. The monoisotopic (exact) mass is 353 g/mol. The number of aromatic nitrogens is 1. The Balaban J connectivity index is 1.53. The first kappa shape index (κ1) is 17.0. The maximum absolute atomic E-state index is 12.0. The van der Waals surface area contributed by atoms with E-state index in [1.807, 2.05) is 12.1 Å². The standard InChI is InChI=1S/C20H23N3O3/c1-25-19-14-13-15-17(7-8-21-20(15)24)22-16(14)5-6-18(19)26-12-4-11-23-9-2-3-10-23/h6-8,13H,2-5,9-12H2,1H3. The minimum absolute atomic E-state index is 0.268. The number of hydrogen-bond acceptors (Lipinski definition) is 5. The van der Waals surface area contributed by atoms with Crippen molar-refractivity contribution in [1.29, 1.82) is 0 Å². The number of carbonyl (C=O) groups is 1. The molecule has 136 valence electrons. The second kappa shape index (κ2) is 7.41. The van der Waals surface area contributed by atoms with Gasteiger partial charge in [-0.05, 0) is 50.6 Å². The molecule has 1 amide bonds. The van der Waals surface area contributed by atoms with Crippen molar-refractivity contribution >= 4 is 24.0 Å². The fourth-order valence-electron chi connectivity index (χ4n) is 3.69. The van der Waals surface area contributed by atoms with Crippen LogP contribution in [-0.2, 0) is 15.9 Å². The van der Waals surface area contributed by atoms with Crippen LogP contribution in [0.5, 0.6) is 0 Å². The van der Waals surface area contributed by atoms with E-state index in [4.69, 9.17) is 9.47 Å². The molecule has 6 heteroatoms. The van der Waals surface area contributed by atoms with Crippen molar-refractivity contribution in [3.05, 3.63) is 39.7 Å². The van der Waals surface area contributed by atoms with Crippen molar-refractivity contribution in [2.75, 3.05) is 33.4 Å². The van der Waals surface area contributed by atoms with Crippen molar-refractivity contribution in [2.45, 2.75) is 25.7 Å². The molecule has 0 unspecified atom stereocenters. The molecule has 1 fully saturated rings. The topological polar surface area (TPSA) is 64.0 Å². The molecule has 0 bridgehead atoms. The Morgan fingerprint density at radius 2 is 2.12 bits per heavy atom. The summed E-state index contributed by atoms with van der Waals surface area (Å²) in [4.78, 5) is 22.9. The van der Waals surface area contributed by atoms with Gasteiger partial charge in [-0.25, -0.2) is 4.99 Å². The third-order valence-corrected chi connectivity index (χ3v) is 5.01. The Bertz CT molecular complexity index is 896. The highest BCUT2D eigenvalue weighted by Gasteiger charge is 2.20. The molecule has 0 aromatic carbocycles. The largest absolute Gasteiger partial charge is 0.492 e. The molecule has 0 spiro atoms. The summed E-state index contributed by atoms with van der Waals surface area (Å²) in [6.45, 7) is 4.13. The molecule has 2 aliphatic heterocycles. The van der Waals surface area contributed by atoms with E-state index in [-0.39, 0.29) is 5.91 Å². The van der Waals surface area contributed by atoms with Gasteiger partial charge in [0.2, 0.25) is 0 Å². The average molecular weight is 353 g/mol. The number of amides is 1. The first-order chi connectivity index (χ1) is 12.8. The molecule has 3 heterocycles. The highest BCUT2D eigenvalue weighted by atomic mass is 16.5. The molecule has 0 atom stereocenters. The van der Waals surface area contributed by atoms with Gasteiger partial charge in [0.1, 0.15) is 0 Å². The number of allylic oxidation sites excluding steroid dienone is 1. The summed E-state index contributed by atoms with van der Waals surface area (Å²) in [5.41, 5.74) is 1.40. The Morgan fingerprint density at radius 3 is 2.92 bits per heavy atom. The molecule has 3 aliphatic rings. The quantitative estimate of drug-likeness (QED) is 0.708. The minimum Gasteiger partial charge on any atom is -0.492 e. The summed E-state index contributed by atoms with van der Waals surface area (Å²) < 4.78 is 11.6. The van der Waals surface area contributed by atoms with E-state index in [0.29, 0.717) is 29.7 Å². The van der Waals surface area contributed by atoms with Crippen LogP contribution in [0, 0.1) is 0 Å². The van der Waals surface area contributed by atoms with E-state index < -0.39 is 0 Å². The van der Waals surface area contributed by atoms with Crippen LogP contribution in [0.2, 0.25) is 0 Å². The molecular weight excluding hydrogens is 330 g/mol. The number of fused-ring (bicyclic) bond motifs is 2. The first-order valence-electron chi connectivity index (χ1n) is 9.19. The van der Waals surface area contributed by atoms with Crippen molar-refractivity contribution in [3.63, 3.8) is 0 Å². The number of rotatable bonds is 6. The molecule has 4 rings (SSSR count). The first-order valence-corrected chi connectivity index (χ1v) is 9.19. The number of nitrogens with zero attached hydrogens (tertiary/aromatic N) is 3. The van der Waals surface area contributed by atoms with E-state index in [0.717, 1.165) is 29.6 Å². The van der Waals surface area contributed by atoms with Crippen LogP contribution >= 0.6 is 0 Å². The van der Waals surface area contributed by atoms with Gasteiger partial charge in [0, 0.05) is 24.4 Å². The van der Waals surface area contributed by atoms with Gasteiger partial charge in [0.15, 0.2) is 11.5 Å². The Labute approximate surface area is 152 Å². The van der Waals surface area contributed by atoms with Gasteiger partial charge in [0.05, 0.1) is 30.3 Å². The number of aliphatic imine (C=N–C) groups is 1. The molecule has 26 heavy (non-hydrogen) atoms. The lowest BCUT2D eigenvalue weighted by Crippen LogP contribution is -2.32. The minimum atomic E-state index is -0.268. The van der Waals surface area contributed by atoms with Crippen LogP contribution in [0.4, 0.5) is 0 Å². The molecule has 0 N–H and O–H groups in total. The fourth-order valence-corrected chi connectivity index (χ4v) is 3.69. The fraction of sp³-hybridized carbons (Fsp3) is 0.450. The van der Waals surface area contributed by atoms with Gasteiger partial charge in [-0.3, -0.25) is 9.78 Å². The molecule has 6 nitrogen and oxygen atoms in total. The summed E-state index contributed by atoms with van der Waals surface area (Å²) in [5.74, 6) is 1.11. The van der Waals surface area contributed by atoms with Crippen LogP contribution in [0.3, 0.4) is 0 Å². The maximum atomic E-state index is 12.0. The highest BCUT2D eigenvalue weighted by molar-refractivity contribution is 6.09. The van der Waals surface area contributed by atoms with Crippen LogP contribution in [0.15, 0.2) is 22.9 Å². The second-order valence-corrected chi connectivity index (χ2v) is 6.72. The number of ether oxygens (including phenoxy) is 2. The average Bonchev–Trinajstić information content (AvgIpc) is 3.17. The van der Waals surface area contributed by atoms with Crippen LogP contribution in [0.25, 0.3) is 11.8 Å². The lowest BCUT2D eigenvalue weighted by molar-refractivity contribution is 0.100. The van der Waals surface area contributed by atoms with Crippen molar-refractivity contribution in [2.24, 2.45) is 4.99 Å². The van der Waals surface area contributed by atoms with E-state index in [9.17, 15) is 4.79 Å². The predicted octanol–water partition coefficient (Wildman–Crippen LogP) is 0.784. The van der Waals surface area contributed by atoms with Crippen molar-refractivity contribution < 1.29 is 14.3 Å². The van der Waals surface area contributed by atoms with Crippen LogP contribution < -0.4 is 10.6 Å². The summed E-state index contributed by atoms with van der Waals surface area (Å²) >= 11 is 0. The zero-order valence-electron chi connectivity index (χ0n) is 15.0. The smallest absolute Gasteiger partial charge is 0.279 e. The Hall–Kier alpha value is -2.47. The van der Waals surface area contributed by atoms with E-state index in [2.05, 4.69) is 14.9 Å². The normalized spacial score (nSPS) is 18.9. The van der Waals surface area contributed by atoms with Gasteiger partial charge in [-0.2, -0.15) is 0 Å².